The van der Waals surface area contributed by atoms with Gasteiger partial charge < -0.3 is 10.6 Å². The van der Waals surface area contributed by atoms with Gasteiger partial charge in [-0.1, -0.05) is 18.2 Å². The molecule has 27 heavy (non-hydrogen) atoms. The average molecular weight is 388 g/mol. The Balaban J connectivity index is 1.67. The number of likely N-dealkylation sites (tertiary alicyclic amines) is 1. The molecule has 1 atom stereocenters. The first-order valence-corrected chi connectivity index (χ1v) is 10.6. The van der Waals surface area contributed by atoms with Crippen LogP contribution in [-0.4, -0.2) is 38.4 Å². The van der Waals surface area contributed by atoms with Crippen LogP contribution in [0.1, 0.15) is 30.1 Å². The lowest BCUT2D eigenvalue weighted by Crippen LogP contribution is -2.42. The Bertz CT molecular complexity index is 872. The Morgan fingerprint density at radius 2 is 1.67 bits per heavy atom. The SMILES string of the molecule is CC(N)C1CCN(C(=O)c2ccc(S(=O)(=O)Nc3ccccc3)cc2)CC1. The molecule has 1 fully saturated rings. The van der Waals surface area contributed by atoms with Crippen molar-refractivity contribution in [1.29, 1.82) is 0 Å². The molecule has 0 spiro atoms. The molecular formula is C20H25N3O3S. The van der Waals surface area contributed by atoms with E-state index >= 15 is 0 Å². The lowest BCUT2D eigenvalue weighted by atomic mass is 9.90. The van der Waals surface area contributed by atoms with E-state index in [1.54, 1.807) is 36.4 Å². The number of nitrogens with two attached hydrogens (primary N) is 1. The predicted octanol–water partition coefficient (Wildman–Crippen LogP) is 2.69. The van der Waals surface area contributed by atoms with E-state index in [0.717, 1.165) is 12.8 Å². The molecule has 0 bridgehead atoms. The van der Waals surface area contributed by atoms with Gasteiger partial charge in [-0.05, 0) is 62.1 Å². The lowest BCUT2D eigenvalue weighted by molar-refractivity contribution is 0.0681. The number of carbonyl (C=O) groups is 1. The standard InChI is InChI=1S/C20H25N3O3S/c1-15(21)16-11-13-23(14-12-16)20(24)17-7-9-19(10-8-17)27(25,26)22-18-5-3-2-4-6-18/h2-10,15-16,22H,11-14,21H2,1H3. The first-order chi connectivity index (χ1) is 12.9. The molecule has 1 saturated heterocycles. The van der Waals surface area contributed by atoms with Gasteiger partial charge in [0.2, 0.25) is 0 Å². The molecule has 3 N–H and O–H groups in total. The molecule has 3 rings (SSSR count). The largest absolute Gasteiger partial charge is 0.339 e. The molecule has 1 unspecified atom stereocenters. The van der Waals surface area contributed by atoms with Crippen LogP contribution in [0.2, 0.25) is 0 Å². The zero-order chi connectivity index (χ0) is 19.4. The van der Waals surface area contributed by atoms with Crippen LogP contribution >= 0.6 is 0 Å². The van der Waals surface area contributed by atoms with Crippen molar-refractivity contribution in [2.45, 2.75) is 30.7 Å². The fraction of sp³-hybridized carbons (Fsp3) is 0.350. The minimum atomic E-state index is -3.69. The molecule has 0 aliphatic carbocycles. The van der Waals surface area contributed by atoms with Crippen molar-refractivity contribution in [1.82, 2.24) is 4.90 Å². The zero-order valence-corrected chi connectivity index (χ0v) is 16.2. The maximum Gasteiger partial charge on any atom is 0.261 e. The highest BCUT2D eigenvalue weighted by molar-refractivity contribution is 7.92. The molecule has 1 aliphatic heterocycles. The van der Waals surface area contributed by atoms with Crippen LogP contribution in [0.25, 0.3) is 0 Å². The highest BCUT2D eigenvalue weighted by Crippen LogP contribution is 2.22. The first kappa shape index (κ1) is 19.4. The highest BCUT2D eigenvalue weighted by atomic mass is 32.2. The summed E-state index contributed by atoms with van der Waals surface area (Å²) in [5, 5.41) is 0. The lowest BCUT2D eigenvalue weighted by Gasteiger charge is -2.33. The Labute approximate surface area is 160 Å². The van der Waals surface area contributed by atoms with Crippen molar-refractivity contribution in [2.75, 3.05) is 17.8 Å². The maximum absolute atomic E-state index is 12.7. The van der Waals surface area contributed by atoms with Crippen LogP contribution in [0.5, 0.6) is 0 Å². The number of sulfonamides is 1. The van der Waals surface area contributed by atoms with Gasteiger partial charge >= 0.3 is 0 Å². The fourth-order valence-corrected chi connectivity index (χ4v) is 4.37. The highest BCUT2D eigenvalue weighted by Gasteiger charge is 2.25. The van der Waals surface area contributed by atoms with Gasteiger partial charge in [-0.15, -0.1) is 0 Å². The summed E-state index contributed by atoms with van der Waals surface area (Å²) in [6, 6.07) is 14.9. The van der Waals surface area contributed by atoms with Gasteiger partial charge in [0.1, 0.15) is 0 Å². The Morgan fingerprint density at radius 3 is 2.22 bits per heavy atom. The molecule has 0 saturated carbocycles. The van der Waals surface area contributed by atoms with Crippen LogP contribution in [-0.2, 0) is 10.0 Å². The predicted molar refractivity (Wildman–Crippen MR) is 106 cm³/mol. The minimum absolute atomic E-state index is 0.0712. The molecule has 1 aliphatic rings. The molecule has 0 aromatic heterocycles. The van der Waals surface area contributed by atoms with Gasteiger partial charge in [0, 0.05) is 30.4 Å². The molecular weight excluding hydrogens is 362 g/mol. The number of para-hydroxylation sites is 1. The minimum Gasteiger partial charge on any atom is -0.339 e. The summed E-state index contributed by atoms with van der Waals surface area (Å²) in [6.45, 7) is 3.37. The molecule has 1 heterocycles. The van der Waals surface area contributed by atoms with E-state index in [2.05, 4.69) is 4.72 Å². The van der Waals surface area contributed by atoms with E-state index in [-0.39, 0.29) is 16.8 Å². The third-order valence-electron chi connectivity index (χ3n) is 5.01. The number of carbonyl (C=O) groups excluding carboxylic acids is 1. The summed E-state index contributed by atoms with van der Waals surface area (Å²) in [6.07, 6.45) is 1.80. The second-order valence-corrected chi connectivity index (χ2v) is 8.67. The molecule has 6 nitrogen and oxygen atoms in total. The van der Waals surface area contributed by atoms with Gasteiger partial charge in [-0.25, -0.2) is 8.42 Å². The summed E-state index contributed by atoms with van der Waals surface area (Å²) in [5.74, 6) is 0.378. The number of nitrogens with zero attached hydrogens (tertiary/aromatic N) is 1. The van der Waals surface area contributed by atoms with Crippen molar-refractivity contribution in [3.63, 3.8) is 0 Å². The Morgan fingerprint density at radius 1 is 1.07 bits per heavy atom. The quantitative estimate of drug-likeness (QED) is 0.825. The second-order valence-electron chi connectivity index (χ2n) is 6.98. The van der Waals surface area contributed by atoms with E-state index in [4.69, 9.17) is 5.73 Å². The van der Waals surface area contributed by atoms with Crippen LogP contribution in [0.15, 0.2) is 59.5 Å². The number of piperidine rings is 1. The van der Waals surface area contributed by atoms with Crippen LogP contribution in [0, 0.1) is 5.92 Å². The van der Waals surface area contributed by atoms with Crippen molar-refractivity contribution in [2.24, 2.45) is 11.7 Å². The number of hydrogen-bond donors (Lipinski definition) is 2. The van der Waals surface area contributed by atoms with E-state index in [0.29, 0.717) is 30.3 Å². The second kappa shape index (κ2) is 8.10. The third-order valence-corrected chi connectivity index (χ3v) is 6.41. The van der Waals surface area contributed by atoms with Gasteiger partial charge in [0.05, 0.1) is 4.90 Å². The van der Waals surface area contributed by atoms with Crippen LogP contribution in [0.4, 0.5) is 5.69 Å². The molecule has 2 aromatic carbocycles. The van der Waals surface area contributed by atoms with Crippen LogP contribution < -0.4 is 10.5 Å². The fourth-order valence-electron chi connectivity index (χ4n) is 3.31. The number of nitrogens with one attached hydrogen (secondary N) is 1. The monoisotopic (exact) mass is 387 g/mol. The normalized spacial score (nSPS) is 16.7. The van der Waals surface area contributed by atoms with E-state index in [1.807, 2.05) is 17.9 Å². The first-order valence-electron chi connectivity index (χ1n) is 9.09. The van der Waals surface area contributed by atoms with Crippen molar-refractivity contribution >= 4 is 21.6 Å². The maximum atomic E-state index is 12.7. The molecule has 144 valence electrons. The van der Waals surface area contributed by atoms with Gasteiger partial charge in [-0.2, -0.15) is 0 Å². The molecule has 0 radical (unpaired) electrons. The molecule has 2 aromatic rings. The number of benzene rings is 2. The summed E-state index contributed by atoms with van der Waals surface area (Å²) in [5.41, 5.74) is 6.93. The number of anilines is 1. The van der Waals surface area contributed by atoms with Crippen molar-refractivity contribution in [3.8, 4) is 0 Å². The summed E-state index contributed by atoms with van der Waals surface area (Å²) < 4.78 is 27.5. The van der Waals surface area contributed by atoms with E-state index < -0.39 is 10.0 Å². The third kappa shape index (κ3) is 4.67. The van der Waals surface area contributed by atoms with Crippen molar-refractivity contribution < 1.29 is 13.2 Å². The van der Waals surface area contributed by atoms with Crippen LogP contribution in [0.3, 0.4) is 0 Å². The number of amides is 1. The number of hydrogen-bond acceptors (Lipinski definition) is 4. The van der Waals surface area contributed by atoms with Crippen molar-refractivity contribution in [3.05, 3.63) is 60.2 Å². The van der Waals surface area contributed by atoms with Gasteiger partial charge in [0.25, 0.3) is 15.9 Å². The smallest absolute Gasteiger partial charge is 0.261 e. The molecule has 1 amide bonds. The number of rotatable bonds is 5. The molecule has 7 heteroatoms. The van der Waals surface area contributed by atoms with E-state index in [9.17, 15) is 13.2 Å². The topological polar surface area (TPSA) is 92.5 Å². The summed E-state index contributed by atoms with van der Waals surface area (Å²) in [4.78, 5) is 14.6. The van der Waals surface area contributed by atoms with E-state index in [1.165, 1.54) is 12.1 Å². The Kier molecular flexibility index (Phi) is 5.82. The summed E-state index contributed by atoms with van der Waals surface area (Å²) >= 11 is 0. The van der Waals surface area contributed by atoms with Gasteiger partial charge in [0.15, 0.2) is 0 Å². The Hall–Kier alpha value is -2.38. The average Bonchev–Trinajstić information content (AvgIpc) is 2.68. The summed E-state index contributed by atoms with van der Waals surface area (Å²) in [7, 11) is -3.69. The van der Waals surface area contributed by atoms with Gasteiger partial charge in [-0.3, -0.25) is 9.52 Å². The zero-order valence-electron chi connectivity index (χ0n) is 15.3.